The van der Waals surface area contributed by atoms with Gasteiger partial charge in [0.05, 0.1) is 0 Å². The standard InChI is InChI=1S/C18H18ClN5O4/c1-22(2)17(25)27-12-6-8-15(16(10-12)28-18(26)23(3)4)24-20-13-7-5-11(19)9-14(13)21-24/h5-10H,1-4H3. The Kier molecular flexibility index (Phi) is 5.36. The second-order valence-electron chi connectivity index (χ2n) is 6.28. The molecule has 28 heavy (non-hydrogen) atoms. The minimum Gasteiger partial charge on any atom is -0.410 e. The summed E-state index contributed by atoms with van der Waals surface area (Å²) in [7, 11) is 6.24. The Bertz CT molecular complexity index is 1050. The largest absolute Gasteiger partial charge is 0.414 e. The van der Waals surface area contributed by atoms with Gasteiger partial charge in [-0.1, -0.05) is 11.6 Å². The van der Waals surface area contributed by atoms with Crippen LogP contribution in [0.2, 0.25) is 5.02 Å². The van der Waals surface area contributed by atoms with Gasteiger partial charge < -0.3 is 19.3 Å². The smallest absolute Gasteiger partial charge is 0.410 e. The molecule has 146 valence electrons. The number of rotatable bonds is 3. The highest BCUT2D eigenvalue weighted by atomic mass is 35.5. The lowest BCUT2D eigenvalue weighted by molar-refractivity contribution is 0.170. The number of fused-ring (bicyclic) bond motifs is 1. The molecule has 9 nitrogen and oxygen atoms in total. The second kappa shape index (κ2) is 7.73. The lowest BCUT2D eigenvalue weighted by Crippen LogP contribution is -2.26. The Balaban J connectivity index is 2.04. The van der Waals surface area contributed by atoms with E-state index in [1.807, 2.05) is 0 Å². The van der Waals surface area contributed by atoms with E-state index in [0.717, 1.165) is 0 Å². The van der Waals surface area contributed by atoms with Gasteiger partial charge in [-0.15, -0.1) is 15.0 Å². The fraction of sp³-hybridized carbons (Fsp3) is 0.222. The summed E-state index contributed by atoms with van der Waals surface area (Å²) in [6, 6.07) is 9.71. The molecule has 0 aliphatic rings. The highest BCUT2D eigenvalue weighted by molar-refractivity contribution is 6.31. The monoisotopic (exact) mass is 403 g/mol. The summed E-state index contributed by atoms with van der Waals surface area (Å²) in [5.74, 6) is 0.345. The minimum absolute atomic E-state index is 0.133. The maximum Gasteiger partial charge on any atom is 0.414 e. The van der Waals surface area contributed by atoms with Crippen LogP contribution in [-0.4, -0.2) is 65.2 Å². The predicted molar refractivity (Wildman–Crippen MR) is 103 cm³/mol. The Morgan fingerprint density at radius 1 is 0.893 bits per heavy atom. The van der Waals surface area contributed by atoms with Crippen LogP contribution in [0.25, 0.3) is 16.7 Å². The number of carbonyl (C=O) groups is 2. The van der Waals surface area contributed by atoms with Crippen molar-refractivity contribution in [2.45, 2.75) is 0 Å². The number of ether oxygens (including phenoxy) is 2. The molecule has 0 spiro atoms. The average Bonchev–Trinajstić information content (AvgIpc) is 3.04. The quantitative estimate of drug-likeness (QED) is 0.667. The van der Waals surface area contributed by atoms with E-state index in [-0.39, 0.29) is 11.5 Å². The zero-order chi connectivity index (χ0) is 20.4. The summed E-state index contributed by atoms with van der Waals surface area (Å²) in [6.45, 7) is 0. The fourth-order valence-corrected chi connectivity index (χ4v) is 2.34. The van der Waals surface area contributed by atoms with Gasteiger partial charge in [0.25, 0.3) is 0 Å². The first-order valence-corrected chi connectivity index (χ1v) is 8.57. The SMILES string of the molecule is CN(C)C(=O)Oc1ccc(-n2nc3ccc(Cl)cc3n2)c(OC(=O)N(C)C)c1. The van der Waals surface area contributed by atoms with Crippen molar-refractivity contribution >= 4 is 34.8 Å². The molecule has 0 unspecified atom stereocenters. The summed E-state index contributed by atoms with van der Waals surface area (Å²) in [6.07, 6.45) is -1.16. The van der Waals surface area contributed by atoms with Crippen molar-refractivity contribution in [3.63, 3.8) is 0 Å². The third-order valence-corrected chi connectivity index (χ3v) is 3.86. The van der Waals surface area contributed by atoms with Crippen LogP contribution in [-0.2, 0) is 0 Å². The van der Waals surface area contributed by atoms with E-state index in [2.05, 4.69) is 10.2 Å². The van der Waals surface area contributed by atoms with Crippen molar-refractivity contribution in [1.82, 2.24) is 24.8 Å². The van der Waals surface area contributed by atoms with Gasteiger partial charge in [0, 0.05) is 39.3 Å². The Hall–Kier alpha value is -3.33. The van der Waals surface area contributed by atoms with Gasteiger partial charge in [0.2, 0.25) is 0 Å². The van der Waals surface area contributed by atoms with Gasteiger partial charge in [-0.25, -0.2) is 9.59 Å². The number of aromatic nitrogens is 3. The summed E-state index contributed by atoms with van der Waals surface area (Å²) in [5.41, 5.74) is 1.60. The lowest BCUT2D eigenvalue weighted by atomic mass is 10.3. The van der Waals surface area contributed by atoms with Gasteiger partial charge in [-0.3, -0.25) is 0 Å². The van der Waals surface area contributed by atoms with Crippen LogP contribution in [0.4, 0.5) is 9.59 Å². The number of hydrogen-bond donors (Lipinski definition) is 0. The van der Waals surface area contributed by atoms with Crippen molar-refractivity contribution in [3.05, 3.63) is 41.4 Å². The molecule has 0 fully saturated rings. The lowest BCUT2D eigenvalue weighted by Gasteiger charge is -2.15. The zero-order valence-corrected chi connectivity index (χ0v) is 16.5. The number of halogens is 1. The first kappa shape index (κ1) is 19.4. The van der Waals surface area contributed by atoms with Gasteiger partial charge >= 0.3 is 12.2 Å². The molecule has 0 saturated heterocycles. The van der Waals surface area contributed by atoms with Crippen molar-refractivity contribution < 1.29 is 19.1 Å². The van der Waals surface area contributed by atoms with Crippen LogP contribution in [0, 0.1) is 0 Å². The molecule has 0 aliphatic heterocycles. The summed E-state index contributed by atoms with van der Waals surface area (Å²) in [4.78, 5) is 27.8. The molecule has 2 aromatic carbocycles. The molecule has 0 atom stereocenters. The molecule has 0 saturated carbocycles. The predicted octanol–water partition coefficient (Wildman–Crippen LogP) is 3.19. The van der Waals surface area contributed by atoms with E-state index in [0.29, 0.717) is 21.7 Å². The summed E-state index contributed by atoms with van der Waals surface area (Å²) < 4.78 is 10.7. The van der Waals surface area contributed by atoms with Gasteiger partial charge in [-0.2, -0.15) is 0 Å². The third-order valence-electron chi connectivity index (χ3n) is 3.62. The molecule has 10 heteroatoms. The van der Waals surface area contributed by atoms with Gasteiger partial charge in [0.15, 0.2) is 5.75 Å². The van der Waals surface area contributed by atoms with E-state index in [1.54, 1.807) is 58.5 Å². The van der Waals surface area contributed by atoms with Crippen LogP contribution >= 0.6 is 11.6 Å². The van der Waals surface area contributed by atoms with Crippen LogP contribution in [0.5, 0.6) is 11.5 Å². The highest BCUT2D eigenvalue weighted by Gasteiger charge is 2.17. The summed E-state index contributed by atoms with van der Waals surface area (Å²) >= 11 is 6.00. The maximum absolute atomic E-state index is 12.1. The molecule has 0 bridgehead atoms. The molecule has 1 aromatic heterocycles. The van der Waals surface area contributed by atoms with E-state index >= 15 is 0 Å². The maximum atomic E-state index is 12.1. The Morgan fingerprint density at radius 2 is 1.54 bits per heavy atom. The first-order valence-electron chi connectivity index (χ1n) is 8.20. The minimum atomic E-state index is -0.600. The van der Waals surface area contributed by atoms with E-state index in [9.17, 15) is 9.59 Å². The number of carbonyl (C=O) groups excluding carboxylic acids is 2. The van der Waals surface area contributed by atoms with Crippen molar-refractivity contribution in [2.75, 3.05) is 28.2 Å². The Labute approximate surface area is 166 Å². The number of benzene rings is 2. The number of hydrogen-bond acceptors (Lipinski definition) is 6. The van der Waals surface area contributed by atoms with Crippen LogP contribution in [0.15, 0.2) is 36.4 Å². The first-order chi connectivity index (χ1) is 13.2. The molecule has 3 aromatic rings. The van der Waals surface area contributed by atoms with Gasteiger partial charge in [0.1, 0.15) is 22.5 Å². The molecule has 0 N–H and O–H groups in total. The van der Waals surface area contributed by atoms with Crippen molar-refractivity contribution in [1.29, 1.82) is 0 Å². The topological polar surface area (TPSA) is 89.8 Å². The van der Waals surface area contributed by atoms with E-state index < -0.39 is 12.2 Å². The van der Waals surface area contributed by atoms with E-state index in [1.165, 1.54) is 20.7 Å². The molecule has 2 amide bonds. The zero-order valence-electron chi connectivity index (χ0n) is 15.7. The third kappa shape index (κ3) is 4.15. The normalized spacial score (nSPS) is 10.6. The highest BCUT2D eigenvalue weighted by Crippen LogP contribution is 2.29. The Morgan fingerprint density at radius 3 is 2.21 bits per heavy atom. The molecule has 3 rings (SSSR count). The van der Waals surface area contributed by atoms with Crippen molar-refractivity contribution in [3.8, 4) is 17.2 Å². The van der Waals surface area contributed by atoms with Crippen LogP contribution in [0.1, 0.15) is 0 Å². The summed E-state index contributed by atoms with van der Waals surface area (Å²) in [5, 5.41) is 9.29. The number of nitrogens with zero attached hydrogens (tertiary/aromatic N) is 5. The average molecular weight is 404 g/mol. The van der Waals surface area contributed by atoms with Crippen LogP contribution < -0.4 is 9.47 Å². The van der Waals surface area contributed by atoms with E-state index in [4.69, 9.17) is 21.1 Å². The van der Waals surface area contributed by atoms with Crippen LogP contribution in [0.3, 0.4) is 0 Å². The van der Waals surface area contributed by atoms with Crippen molar-refractivity contribution in [2.24, 2.45) is 0 Å². The second-order valence-corrected chi connectivity index (χ2v) is 6.71. The van der Waals surface area contributed by atoms with Gasteiger partial charge in [-0.05, 0) is 30.3 Å². The molecule has 0 aliphatic carbocycles. The molecule has 1 heterocycles. The fourth-order valence-electron chi connectivity index (χ4n) is 2.18. The molecule has 0 radical (unpaired) electrons. The molecular formula is C18H18ClN5O4. The molecular weight excluding hydrogens is 386 g/mol. The number of amides is 2.